The van der Waals surface area contributed by atoms with Crippen LogP contribution in [-0.4, -0.2) is 36.3 Å². The first-order valence-corrected chi connectivity index (χ1v) is 8.54. The van der Waals surface area contributed by atoms with Crippen LogP contribution in [0.2, 0.25) is 0 Å². The number of hydrogen-bond donors (Lipinski definition) is 1. The lowest BCUT2D eigenvalue weighted by Gasteiger charge is -2.61. The van der Waals surface area contributed by atoms with Gasteiger partial charge in [-0.1, -0.05) is 6.92 Å². The van der Waals surface area contributed by atoms with Gasteiger partial charge in [-0.15, -0.1) is 0 Å². The minimum absolute atomic E-state index is 0.0859. The van der Waals surface area contributed by atoms with Crippen LogP contribution in [0.1, 0.15) is 51.9 Å². The second-order valence-electron chi connectivity index (χ2n) is 8.44. The second kappa shape index (κ2) is 4.47. The van der Waals surface area contributed by atoms with Crippen LogP contribution in [0, 0.1) is 22.7 Å². The van der Waals surface area contributed by atoms with Crippen molar-refractivity contribution in [3.63, 3.8) is 0 Å². The van der Waals surface area contributed by atoms with Gasteiger partial charge in [-0.2, -0.15) is 0 Å². The fraction of sp³-hybridized carbons (Fsp3) is 0.882. The fourth-order valence-corrected chi connectivity index (χ4v) is 6.28. The highest BCUT2D eigenvalue weighted by molar-refractivity contribution is 5.85. The van der Waals surface area contributed by atoms with E-state index in [2.05, 4.69) is 12.2 Å². The molecule has 4 bridgehead atoms. The average Bonchev–Trinajstić information content (AvgIpc) is 2.60. The van der Waals surface area contributed by atoms with Gasteiger partial charge in [0.05, 0.1) is 5.41 Å². The third-order valence-corrected chi connectivity index (χ3v) is 6.41. The van der Waals surface area contributed by atoms with Crippen molar-refractivity contribution in [1.29, 1.82) is 0 Å². The molecule has 21 heavy (non-hydrogen) atoms. The molecule has 4 heteroatoms. The van der Waals surface area contributed by atoms with Crippen LogP contribution in [0.15, 0.2) is 0 Å². The van der Waals surface area contributed by atoms with Gasteiger partial charge in [0.25, 0.3) is 0 Å². The quantitative estimate of drug-likeness (QED) is 0.802. The zero-order valence-electron chi connectivity index (χ0n) is 13.0. The van der Waals surface area contributed by atoms with Crippen LogP contribution in [0.4, 0.5) is 0 Å². The molecule has 0 spiro atoms. The van der Waals surface area contributed by atoms with Crippen molar-refractivity contribution in [1.82, 2.24) is 10.2 Å². The van der Waals surface area contributed by atoms with Gasteiger partial charge in [-0.05, 0) is 55.8 Å². The number of carbonyl (C=O) groups is 2. The van der Waals surface area contributed by atoms with Crippen molar-refractivity contribution >= 4 is 11.8 Å². The maximum absolute atomic E-state index is 13.2. The third kappa shape index (κ3) is 2.18. The molecule has 2 atom stereocenters. The van der Waals surface area contributed by atoms with E-state index in [0.717, 1.165) is 31.1 Å². The largest absolute Gasteiger partial charge is 0.354 e. The molecule has 1 aliphatic heterocycles. The van der Waals surface area contributed by atoms with Crippen molar-refractivity contribution in [2.75, 3.05) is 19.6 Å². The molecule has 0 aromatic rings. The molecule has 0 radical (unpaired) electrons. The lowest BCUT2D eigenvalue weighted by Crippen LogP contribution is -2.57. The van der Waals surface area contributed by atoms with E-state index in [4.69, 9.17) is 0 Å². The Morgan fingerprint density at radius 3 is 2.57 bits per heavy atom. The van der Waals surface area contributed by atoms with Gasteiger partial charge in [0.1, 0.15) is 0 Å². The van der Waals surface area contributed by atoms with Crippen molar-refractivity contribution in [3.05, 3.63) is 0 Å². The van der Waals surface area contributed by atoms with Crippen molar-refractivity contribution < 1.29 is 9.59 Å². The molecule has 5 rings (SSSR count). The predicted octanol–water partition coefficient (Wildman–Crippen LogP) is 1.94. The van der Waals surface area contributed by atoms with Crippen LogP contribution < -0.4 is 5.32 Å². The molecule has 1 N–H and O–H groups in total. The number of hydrogen-bond acceptors (Lipinski definition) is 2. The van der Waals surface area contributed by atoms with E-state index in [9.17, 15) is 9.59 Å². The molecule has 0 aromatic heterocycles. The van der Waals surface area contributed by atoms with Gasteiger partial charge in [-0.25, -0.2) is 0 Å². The van der Waals surface area contributed by atoms with Gasteiger partial charge in [0.2, 0.25) is 11.8 Å². The average molecular weight is 290 g/mol. The van der Waals surface area contributed by atoms with Crippen molar-refractivity contribution in [2.24, 2.45) is 22.7 Å². The second-order valence-corrected chi connectivity index (χ2v) is 8.44. The Hall–Kier alpha value is -1.06. The minimum Gasteiger partial charge on any atom is -0.354 e. The lowest BCUT2D eigenvalue weighted by molar-refractivity contribution is -0.165. The Kier molecular flexibility index (Phi) is 2.89. The highest BCUT2D eigenvalue weighted by Gasteiger charge is 2.59. The Morgan fingerprint density at radius 2 is 1.90 bits per heavy atom. The molecule has 2 unspecified atom stereocenters. The zero-order chi connectivity index (χ0) is 14.7. The monoisotopic (exact) mass is 290 g/mol. The van der Waals surface area contributed by atoms with Gasteiger partial charge >= 0.3 is 0 Å². The molecule has 4 saturated carbocycles. The highest BCUT2D eigenvalue weighted by atomic mass is 16.2. The number of carbonyl (C=O) groups excluding carboxylic acids is 2. The van der Waals surface area contributed by atoms with Crippen molar-refractivity contribution in [2.45, 2.75) is 51.9 Å². The standard InChI is InChI=1S/C17H26N2O2/c1-16-7-12-6-13(8-16)10-17(9-12,11-16)15(21)19-4-2-14(20)18-3-5-19/h12-13H,2-11H2,1H3,(H,18,20). The highest BCUT2D eigenvalue weighted by Crippen LogP contribution is 2.65. The van der Waals surface area contributed by atoms with Gasteiger partial charge in [-0.3, -0.25) is 9.59 Å². The first-order chi connectivity index (χ1) is 9.98. The summed E-state index contributed by atoms with van der Waals surface area (Å²) in [5, 5.41) is 2.88. The first kappa shape index (κ1) is 13.6. The van der Waals surface area contributed by atoms with Crippen LogP contribution in [0.5, 0.6) is 0 Å². The fourth-order valence-electron chi connectivity index (χ4n) is 6.28. The third-order valence-electron chi connectivity index (χ3n) is 6.41. The topological polar surface area (TPSA) is 49.4 Å². The Morgan fingerprint density at radius 1 is 1.19 bits per heavy atom. The predicted molar refractivity (Wildman–Crippen MR) is 79.4 cm³/mol. The molecule has 1 heterocycles. The summed E-state index contributed by atoms with van der Waals surface area (Å²) < 4.78 is 0. The van der Waals surface area contributed by atoms with Gasteiger partial charge in [0.15, 0.2) is 0 Å². The Bertz CT molecular complexity index is 473. The lowest BCUT2D eigenvalue weighted by atomic mass is 9.44. The molecule has 4 aliphatic carbocycles. The summed E-state index contributed by atoms with van der Waals surface area (Å²) in [6, 6.07) is 0. The van der Waals surface area contributed by atoms with E-state index in [1.807, 2.05) is 4.90 Å². The van der Waals surface area contributed by atoms with Crippen molar-refractivity contribution in [3.8, 4) is 0 Å². The number of nitrogens with zero attached hydrogens (tertiary/aromatic N) is 1. The van der Waals surface area contributed by atoms with E-state index < -0.39 is 0 Å². The summed E-state index contributed by atoms with van der Waals surface area (Å²) in [5.41, 5.74) is 0.311. The van der Waals surface area contributed by atoms with Crippen LogP contribution in [0.25, 0.3) is 0 Å². The zero-order valence-corrected chi connectivity index (χ0v) is 13.0. The molecule has 0 aromatic carbocycles. The summed E-state index contributed by atoms with van der Waals surface area (Å²) in [6.07, 6.45) is 7.78. The SMILES string of the molecule is CC12CC3CC(C1)CC(C(=O)N1CCNC(=O)CC1)(C3)C2. The molecule has 1 saturated heterocycles. The molecule has 4 nitrogen and oxygen atoms in total. The summed E-state index contributed by atoms with van der Waals surface area (Å²) in [5.74, 6) is 1.99. The Labute approximate surface area is 126 Å². The number of amides is 2. The molecule has 116 valence electrons. The van der Waals surface area contributed by atoms with Crippen LogP contribution in [-0.2, 0) is 9.59 Å². The van der Waals surface area contributed by atoms with E-state index in [0.29, 0.717) is 37.4 Å². The molecule has 5 aliphatic rings. The minimum atomic E-state index is -0.0911. The summed E-state index contributed by atoms with van der Waals surface area (Å²) in [4.78, 5) is 26.7. The number of rotatable bonds is 1. The normalized spacial score (nSPS) is 45.4. The molecule has 2 amide bonds. The smallest absolute Gasteiger partial charge is 0.228 e. The molecular weight excluding hydrogens is 264 g/mol. The maximum atomic E-state index is 13.2. The van der Waals surface area contributed by atoms with E-state index in [1.54, 1.807) is 0 Å². The summed E-state index contributed by atoms with van der Waals surface area (Å²) in [7, 11) is 0. The van der Waals surface area contributed by atoms with E-state index in [1.165, 1.54) is 19.3 Å². The van der Waals surface area contributed by atoms with Gasteiger partial charge < -0.3 is 10.2 Å². The van der Waals surface area contributed by atoms with Crippen LogP contribution in [0.3, 0.4) is 0 Å². The first-order valence-electron chi connectivity index (χ1n) is 8.54. The Balaban J connectivity index is 1.57. The van der Waals surface area contributed by atoms with Gasteiger partial charge in [0, 0.05) is 26.1 Å². The molecule has 5 fully saturated rings. The van der Waals surface area contributed by atoms with Crippen LogP contribution >= 0.6 is 0 Å². The summed E-state index contributed by atoms with van der Waals surface area (Å²) >= 11 is 0. The number of nitrogens with one attached hydrogen (secondary N) is 1. The van der Waals surface area contributed by atoms with E-state index in [-0.39, 0.29) is 11.3 Å². The van der Waals surface area contributed by atoms with E-state index >= 15 is 0 Å². The maximum Gasteiger partial charge on any atom is 0.228 e. The summed E-state index contributed by atoms with van der Waals surface area (Å²) in [6.45, 7) is 4.32. The molecular formula is C17H26N2O2.